The van der Waals surface area contributed by atoms with Gasteiger partial charge in [0.05, 0.1) is 11.1 Å². The highest BCUT2D eigenvalue weighted by Gasteiger charge is 2.11. The van der Waals surface area contributed by atoms with Crippen molar-refractivity contribution in [2.45, 2.75) is 19.3 Å². The van der Waals surface area contributed by atoms with E-state index in [0.717, 1.165) is 18.8 Å². The number of anilines is 2. The number of piperidine rings is 1. The number of rotatable bonds is 7. The zero-order valence-electron chi connectivity index (χ0n) is 15.4. The predicted octanol–water partition coefficient (Wildman–Crippen LogP) is 3.57. The summed E-state index contributed by atoms with van der Waals surface area (Å²) >= 11 is 0. The van der Waals surface area contributed by atoms with Crippen LogP contribution in [-0.4, -0.2) is 36.7 Å². The van der Waals surface area contributed by atoms with Crippen LogP contribution in [0.15, 0.2) is 53.7 Å². The molecule has 1 aliphatic heterocycles. The third kappa shape index (κ3) is 5.54. The van der Waals surface area contributed by atoms with Gasteiger partial charge in [0.25, 0.3) is 11.6 Å². The van der Waals surface area contributed by atoms with E-state index in [-0.39, 0.29) is 18.2 Å². The first kappa shape index (κ1) is 19.3. The van der Waals surface area contributed by atoms with Gasteiger partial charge in [-0.25, -0.2) is 0 Å². The summed E-state index contributed by atoms with van der Waals surface area (Å²) in [5, 5.41) is 17.2. The average Bonchev–Trinajstić information content (AvgIpc) is 2.73. The van der Waals surface area contributed by atoms with Gasteiger partial charge in [0.1, 0.15) is 0 Å². The summed E-state index contributed by atoms with van der Waals surface area (Å²) in [6, 6.07) is 13.7. The molecule has 8 heteroatoms. The van der Waals surface area contributed by atoms with E-state index in [1.807, 2.05) is 24.3 Å². The van der Waals surface area contributed by atoms with Crippen molar-refractivity contribution in [1.29, 1.82) is 0 Å². The molecule has 0 aliphatic carbocycles. The lowest BCUT2D eigenvalue weighted by Gasteiger charge is -2.28. The zero-order valence-corrected chi connectivity index (χ0v) is 15.4. The average molecular weight is 382 g/mol. The fraction of sp³-hybridized carbons (Fsp3) is 0.300. The molecule has 1 N–H and O–H groups in total. The minimum Gasteiger partial charge on any atom is -0.386 e. The Morgan fingerprint density at radius 2 is 1.93 bits per heavy atom. The number of carbonyl (C=O) groups excluding carboxylic acids is 1. The molecule has 0 bridgehead atoms. The summed E-state index contributed by atoms with van der Waals surface area (Å²) in [5.41, 5.74) is 2.34. The molecule has 2 aromatic rings. The highest BCUT2D eigenvalue weighted by Crippen LogP contribution is 2.21. The Morgan fingerprint density at radius 3 is 2.64 bits per heavy atom. The van der Waals surface area contributed by atoms with Crippen LogP contribution in [0.4, 0.5) is 17.1 Å². The second-order valence-electron chi connectivity index (χ2n) is 6.50. The Morgan fingerprint density at radius 1 is 1.18 bits per heavy atom. The molecule has 0 radical (unpaired) electrons. The maximum absolute atomic E-state index is 11.9. The van der Waals surface area contributed by atoms with Crippen molar-refractivity contribution in [2.75, 3.05) is 29.9 Å². The van der Waals surface area contributed by atoms with E-state index >= 15 is 0 Å². The van der Waals surface area contributed by atoms with E-state index in [9.17, 15) is 14.9 Å². The lowest BCUT2D eigenvalue weighted by Crippen LogP contribution is -2.29. The smallest absolute Gasteiger partial charge is 0.270 e. The summed E-state index contributed by atoms with van der Waals surface area (Å²) in [7, 11) is 0. The Balaban J connectivity index is 1.45. The second-order valence-corrected chi connectivity index (χ2v) is 6.50. The Hall–Kier alpha value is -3.42. The number of carbonyl (C=O) groups is 1. The Kier molecular flexibility index (Phi) is 6.56. The van der Waals surface area contributed by atoms with E-state index in [4.69, 9.17) is 4.84 Å². The van der Waals surface area contributed by atoms with Crippen LogP contribution < -0.4 is 10.2 Å². The van der Waals surface area contributed by atoms with E-state index < -0.39 is 4.92 Å². The van der Waals surface area contributed by atoms with Crippen LogP contribution in [0.3, 0.4) is 0 Å². The number of hydrogen-bond acceptors (Lipinski definition) is 6. The molecule has 1 heterocycles. The van der Waals surface area contributed by atoms with Crippen molar-refractivity contribution in [3.05, 3.63) is 64.2 Å². The van der Waals surface area contributed by atoms with Crippen LogP contribution in [0.1, 0.15) is 24.8 Å². The summed E-state index contributed by atoms with van der Waals surface area (Å²) in [6.07, 6.45) is 5.04. The van der Waals surface area contributed by atoms with Gasteiger partial charge in [0.2, 0.25) is 0 Å². The molecule has 0 saturated carbocycles. The van der Waals surface area contributed by atoms with Crippen molar-refractivity contribution < 1.29 is 14.6 Å². The number of amides is 1. The van der Waals surface area contributed by atoms with Gasteiger partial charge in [-0.3, -0.25) is 14.9 Å². The van der Waals surface area contributed by atoms with E-state index in [1.54, 1.807) is 12.1 Å². The quantitative estimate of drug-likeness (QED) is 0.448. The molecule has 2 aromatic carbocycles. The molecule has 0 aromatic heterocycles. The predicted molar refractivity (Wildman–Crippen MR) is 108 cm³/mol. The molecule has 146 valence electrons. The number of oxime groups is 1. The highest BCUT2D eigenvalue weighted by atomic mass is 16.6. The number of nitrogens with zero attached hydrogens (tertiary/aromatic N) is 3. The third-order valence-electron chi connectivity index (χ3n) is 4.43. The first-order valence-corrected chi connectivity index (χ1v) is 9.16. The molecule has 0 spiro atoms. The summed E-state index contributed by atoms with van der Waals surface area (Å²) < 4.78 is 0. The van der Waals surface area contributed by atoms with Gasteiger partial charge >= 0.3 is 0 Å². The number of hydrogen-bond donors (Lipinski definition) is 1. The van der Waals surface area contributed by atoms with Crippen molar-refractivity contribution in [3.8, 4) is 0 Å². The van der Waals surface area contributed by atoms with Crippen molar-refractivity contribution in [1.82, 2.24) is 0 Å². The fourth-order valence-corrected chi connectivity index (χ4v) is 3.02. The number of benzene rings is 2. The van der Waals surface area contributed by atoms with E-state index in [2.05, 4.69) is 15.4 Å². The molecule has 0 unspecified atom stereocenters. The fourth-order valence-electron chi connectivity index (χ4n) is 3.02. The van der Waals surface area contributed by atoms with Gasteiger partial charge in [0, 0.05) is 42.2 Å². The van der Waals surface area contributed by atoms with Gasteiger partial charge in [-0.1, -0.05) is 17.3 Å². The van der Waals surface area contributed by atoms with Gasteiger partial charge in [0.15, 0.2) is 6.61 Å². The number of non-ortho nitro benzene ring substituents is 1. The summed E-state index contributed by atoms with van der Waals surface area (Å²) in [6.45, 7) is 1.89. The standard InChI is InChI=1S/C20H22N4O4/c25-20(15-28-21-14-16-5-4-6-19(13-16)24(26)27)22-17-7-9-18(10-8-17)23-11-2-1-3-12-23/h4-10,13-14H,1-3,11-12,15H2,(H,22,25)/b21-14-. The van der Waals surface area contributed by atoms with Crippen molar-refractivity contribution in [2.24, 2.45) is 5.16 Å². The molecule has 8 nitrogen and oxygen atoms in total. The number of nitro benzene ring substituents is 1. The van der Waals surface area contributed by atoms with Gasteiger partial charge in [-0.15, -0.1) is 0 Å². The monoisotopic (exact) mass is 382 g/mol. The van der Waals surface area contributed by atoms with Crippen LogP contribution in [-0.2, 0) is 9.63 Å². The molecule has 1 aliphatic rings. The Bertz CT molecular complexity index is 846. The Labute approximate surface area is 162 Å². The SMILES string of the molecule is O=C(CO/N=C\c1cccc([N+](=O)[O-])c1)Nc1ccc(N2CCCCC2)cc1. The van der Waals surface area contributed by atoms with Gasteiger partial charge in [-0.05, 0) is 43.5 Å². The summed E-state index contributed by atoms with van der Waals surface area (Å²) in [5.74, 6) is -0.332. The van der Waals surface area contributed by atoms with Crippen LogP contribution in [0.5, 0.6) is 0 Å². The first-order chi connectivity index (χ1) is 13.6. The van der Waals surface area contributed by atoms with Crippen LogP contribution >= 0.6 is 0 Å². The highest BCUT2D eigenvalue weighted by molar-refractivity contribution is 5.92. The zero-order chi connectivity index (χ0) is 19.8. The van der Waals surface area contributed by atoms with Crippen LogP contribution in [0, 0.1) is 10.1 Å². The first-order valence-electron chi connectivity index (χ1n) is 9.16. The lowest BCUT2D eigenvalue weighted by molar-refractivity contribution is -0.384. The number of nitrogens with one attached hydrogen (secondary N) is 1. The molecule has 1 saturated heterocycles. The molecular formula is C20H22N4O4. The largest absolute Gasteiger partial charge is 0.386 e. The topological polar surface area (TPSA) is 97.1 Å². The molecule has 1 fully saturated rings. The van der Waals surface area contributed by atoms with Crippen molar-refractivity contribution >= 4 is 29.2 Å². The second kappa shape index (κ2) is 9.50. The normalized spacial score (nSPS) is 14.1. The van der Waals surface area contributed by atoms with E-state index in [0.29, 0.717) is 11.3 Å². The third-order valence-corrected chi connectivity index (χ3v) is 4.43. The van der Waals surface area contributed by atoms with Crippen LogP contribution in [0.2, 0.25) is 0 Å². The van der Waals surface area contributed by atoms with Crippen LogP contribution in [0.25, 0.3) is 0 Å². The van der Waals surface area contributed by atoms with Gasteiger partial charge in [-0.2, -0.15) is 0 Å². The molecular weight excluding hydrogens is 360 g/mol. The minimum atomic E-state index is -0.484. The summed E-state index contributed by atoms with van der Waals surface area (Å²) in [4.78, 5) is 29.5. The molecule has 1 amide bonds. The van der Waals surface area contributed by atoms with Crippen molar-refractivity contribution in [3.63, 3.8) is 0 Å². The van der Waals surface area contributed by atoms with Gasteiger partial charge < -0.3 is 15.1 Å². The minimum absolute atomic E-state index is 0.0327. The maximum atomic E-state index is 11.9. The lowest BCUT2D eigenvalue weighted by atomic mass is 10.1. The maximum Gasteiger partial charge on any atom is 0.270 e. The molecule has 3 rings (SSSR count). The number of nitro groups is 1. The molecule has 28 heavy (non-hydrogen) atoms. The molecule has 0 atom stereocenters. The van der Waals surface area contributed by atoms with E-state index in [1.165, 1.54) is 37.6 Å².